The summed E-state index contributed by atoms with van der Waals surface area (Å²) in [7, 11) is -3.07. The van der Waals surface area contributed by atoms with Crippen molar-refractivity contribution in [2.45, 2.75) is 24.5 Å². The van der Waals surface area contributed by atoms with Gasteiger partial charge in [-0.3, -0.25) is 0 Å². The molecule has 0 bridgehead atoms. The Kier molecular flexibility index (Phi) is 5.63. The molecule has 8 heteroatoms. The molecule has 1 saturated heterocycles. The summed E-state index contributed by atoms with van der Waals surface area (Å²) in [5.74, 6) is -0.223. The van der Waals surface area contributed by atoms with Gasteiger partial charge in [-0.25, -0.2) is 17.6 Å². The molecular weight excluding hydrogens is 331 g/mol. The molecule has 1 atom stereocenters. The number of hydrogen-bond acceptors (Lipinski definition) is 3. The third kappa shape index (κ3) is 4.33. The van der Waals surface area contributed by atoms with Crippen molar-refractivity contribution in [2.24, 2.45) is 0 Å². The number of rotatable bonds is 5. The fourth-order valence-electron chi connectivity index (χ4n) is 2.43. The van der Waals surface area contributed by atoms with Crippen molar-refractivity contribution in [3.8, 4) is 0 Å². The molecule has 1 aromatic rings. The van der Waals surface area contributed by atoms with Crippen molar-refractivity contribution >= 4 is 27.5 Å². The minimum atomic E-state index is -3.07. The maximum absolute atomic E-state index is 13.5. The summed E-state index contributed by atoms with van der Waals surface area (Å²) in [6.45, 7) is 0.318. The van der Waals surface area contributed by atoms with Gasteiger partial charge >= 0.3 is 6.03 Å². The zero-order valence-electron chi connectivity index (χ0n) is 11.9. The molecular formula is C14H18ClFN2O3S. The van der Waals surface area contributed by atoms with E-state index in [1.165, 1.54) is 12.1 Å². The van der Waals surface area contributed by atoms with Crippen LogP contribution in [0.25, 0.3) is 0 Å². The third-order valence-electron chi connectivity index (χ3n) is 3.68. The second-order valence-electron chi connectivity index (χ2n) is 5.22. The second kappa shape index (κ2) is 7.28. The van der Waals surface area contributed by atoms with Gasteiger partial charge in [0.15, 0.2) is 9.84 Å². The molecule has 22 heavy (non-hydrogen) atoms. The molecule has 5 nitrogen and oxygen atoms in total. The smallest absolute Gasteiger partial charge is 0.314 e. The molecule has 1 fully saturated rings. The lowest BCUT2D eigenvalue weighted by Crippen LogP contribution is -2.41. The molecule has 2 rings (SSSR count). The first-order valence-electron chi connectivity index (χ1n) is 7.06. The minimum absolute atomic E-state index is 0.106. The Labute approximate surface area is 134 Å². The zero-order valence-corrected chi connectivity index (χ0v) is 13.5. The van der Waals surface area contributed by atoms with Crippen LogP contribution in [0.1, 0.15) is 18.4 Å². The van der Waals surface area contributed by atoms with Crippen molar-refractivity contribution in [1.82, 2.24) is 10.6 Å². The Balaban J connectivity index is 1.74. The fraction of sp³-hybridized carbons (Fsp3) is 0.500. The fourth-order valence-corrected chi connectivity index (χ4v) is 4.45. The van der Waals surface area contributed by atoms with Gasteiger partial charge in [-0.1, -0.05) is 17.7 Å². The van der Waals surface area contributed by atoms with Crippen molar-refractivity contribution < 1.29 is 17.6 Å². The van der Waals surface area contributed by atoms with E-state index in [0.29, 0.717) is 23.4 Å². The van der Waals surface area contributed by atoms with Gasteiger partial charge in [-0.05, 0) is 31.4 Å². The molecule has 122 valence electrons. The lowest BCUT2D eigenvalue weighted by Gasteiger charge is -2.12. The van der Waals surface area contributed by atoms with E-state index in [1.54, 1.807) is 6.07 Å². The number of hydrogen-bond donors (Lipinski definition) is 2. The van der Waals surface area contributed by atoms with Gasteiger partial charge in [0, 0.05) is 23.7 Å². The summed E-state index contributed by atoms with van der Waals surface area (Å²) in [5.41, 5.74) is 0.350. The maximum atomic E-state index is 13.5. The number of sulfone groups is 1. The van der Waals surface area contributed by atoms with Gasteiger partial charge in [0.25, 0.3) is 0 Å². The Morgan fingerprint density at radius 3 is 2.77 bits per heavy atom. The molecule has 0 saturated carbocycles. The summed E-state index contributed by atoms with van der Waals surface area (Å²) in [6, 6.07) is 3.95. The molecule has 1 aliphatic rings. The van der Waals surface area contributed by atoms with E-state index < -0.39 is 26.9 Å². The highest BCUT2D eigenvalue weighted by atomic mass is 35.5. The van der Waals surface area contributed by atoms with Crippen LogP contribution in [0.2, 0.25) is 5.02 Å². The number of halogens is 2. The van der Waals surface area contributed by atoms with E-state index in [9.17, 15) is 17.6 Å². The van der Waals surface area contributed by atoms with E-state index in [1.807, 2.05) is 0 Å². The molecule has 1 unspecified atom stereocenters. The van der Waals surface area contributed by atoms with Crippen LogP contribution in [-0.4, -0.2) is 38.5 Å². The van der Waals surface area contributed by atoms with Gasteiger partial charge < -0.3 is 10.6 Å². The highest BCUT2D eigenvalue weighted by molar-refractivity contribution is 7.92. The molecule has 2 N–H and O–H groups in total. The number of urea groups is 1. The Bertz CT molecular complexity index is 631. The first kappa shape index (κ1) is 17.0. The maximum Gasteiger partial charge on any atom is 0.314 e. The lowest BCUT2D eigenvalue weighted by molar-refractivity contribution is 0.241. The highest BCUT2D eigenvalue weighted by Gasteiger charge is 2.31. The number of nitrogens with one attached hydrogen (secondary N) is 2. The van der Waals surface area contributed by atoms with Crippen molar-refractivity contribution in [2.75, 3.05) is 18.8 Å². The zero-order chi connectivity index (χ0) is 16.2. The Morgan fingerprint density at radius 1 is 1.36 bits per heavy atom. The van der Waals surface area contributed by atoms with Crippen LogP contribution in [0.15, 0.2) is 18.2 Å². The summed E-state index contributed by atoms with van der Waals surface area (Å²) in [4.78, 5) is 11.6. The first-order chi connectivity index (χ1) is 10.4. The predicted octanol–water partition coefficient (Wildman–Crippen LogP) is 1.90. The van der Waals surface area contributed by atoms with Gasteiger partial charge in [-0.15, -0.1) is 0 Å². The molecule has 2 amide bonds. The summed E-state index contributed by atoms with van der Waals surface area (Å²) in [5, 5.41) is 4.92. The monoisotopic (exact) mass is 348 g/mol. The van der Waals surface area contributed by atoms with Crippen molar-refractivity contribution in [3.05, 3.63) is 34.6 Å². The van der Waals surface area contributed by atoms with Crippen LogP contribution < -0.4 is 10.6 Å². The standard InChI is InChI=1S/C14H18ClFN2O3S/c15-12-4-1-5-13(16)11(12)6-7-17-14(19)18-9-10-3-2-8-22(10,20)21/h1,4-5,10H,2-3,6-9H2,(H2,17,18,19). The first-order valence-corrected chi connectivity index (χ1v) is 9.15. The van der Waals surface area contributed by atoms with Crippen molar-refractivity contribution in [1.29, 1.82) is 0 Å². The molecule has 0 aliphatic carbocycles. The van der Waals surface area contributed by atoms with Gasteiger partial charge in [0.2, 0.25) is 0 Å². The third-order valence-corrected chi connectivity index (χ3v) is 6.31. The topological polar surface area (TPSA) is 75.3 Å². The number of amides is 2. The summed E-state index contributed by atoms with van der Waals surface area (Å²) < 4.78 is 36.8. The summed E-state index contributed by atoms with van der Waals surface area (Å²) >= 11 is 5.89. The second-order valence-corrected chi connectivity index (χ2v) is 8.03. The largest absolute Gasteiger partial charge is 0.338 e. The number of benzene rings is 1. The van der Waals surface area contributed by atoms with E-state index in [2.05, 4.69) is 10.6 Å². The summed E-state index contributed by atoms with van der Waals surface area (Å²) in [6.07, 6.45) is 1.48. The predicted molar refractivity (Wildman–Crippen MR) is 83.3 cm³/mol. The molecule has 1 heterocycles. The van der Waals surface area contributed by atoms with E-state index in [0.717, 1.165) is 0 Å². The van der Waals surface area contributed by atoms with Gasteiger partial charge in [0.05, 0.1) is 11.0 Å². The van der Waals surface area contributed by atoms with Crippen LogP contribution in [0.5, 0.6) is 0 Å². The molecule has 0 aromatic heterocycles. The van der Waals surface area contributed by atoms with E-state index in [4.69, 9.17) is 11.6 Å². The number of carbonyl (C=O) groups is 1. The highest BCUT2D eigenvalue weighted by Crippen LogP contribution is 2.19. The molecule has 0 spiro atoms. The normalized spacial score (nSPS) is 19.8. The Morgan fingerprint density at radius 2 is 2.14 bits per heavy atom. The molecule has 0 radical (unpaired) electrons. The quantitative estimate of drug-likeness (QED) is 0.853. The van der Waals surface area contributed by atoms with E-state index >= 15 is 0 Å². The van der Waals surface area contributed by atoms with Crippen LogP contribution in [0.4, 0.5) is 9.18 Å². The van der Waals surface area contributed by atoms with Crippen LogP contribution in [0, 0.1) is 5.82 Å². The van der Waals surface area contributed by atoms with Crippen LogP contribution >= 0.6 is 11.6 Å². The van der Waals surface area contributed by atoms with Crippen LogP contribution in [-0.2, 0) is 16.3 Å². The minimum Gasteiger partial charge on any atom is -0.338 e. The van der Waals surface area contributed by atoms with Gasteiger partial charge in [0.1, 0.15) is 5.82 Å². The van der Waals surface area contributed by atoms with E-state index in [-0.39, 0.29) is 25.3 Å². The SMILES string of the molecule is O=C(NCCc1c(F)cccc1Cl)NCC1CCCS1(=O)=O. The van der Waals surface area contributed by atoms with Gasteiger partial charge in [-0.2, -0.15) is 0 Å². The van der Waals surface area contributed by atoms with Crippen molar-refractivity contribution in [3.63, 3.8) is 0 Å². The lowest BCUT2D eigenvalue weighted by atomic mass is 10.1. The number of carbonyl (C=O) groups excluding carboxylic acids is 1. The Hall–Kier alpha value is -1.34. The average molecular weight is 349 g/mol. The van der Waals surface area contributed by atoms with Crippen LogP contribution in [0.3, 0.4) is 0 Å². The molecule has 1 aromatic carbocycles. The average Bonchev–Trinajstić information content (AvgIpc) is 2.78. The molecule has 1 aliphatic heterocycles.